The van der Waals surface area contributed by atoms with Crippen LogP contribution in [0.1, 0.15) is 12.0 Å². The molecule has 0 amide bonds. The summed E-state index contributed by atoms with van der Waals surface area (Å²) in [4.78, 5) is 8.70. The third-order valence-electron chi connectivity index (χ3n) is 4.83. The highest BCUT2D eigenvalue weighted by molar-refractivity contribution is 7.89. The number of aromatic nitrogens is 1. The fourth-order valence-corrected chi connectivity index (χ4v) is 4.81. The molecule has 2 aliphatic rings. The number of pyridine rings is 1. The quantitative estimate of drug-likeness (QED) is 0.687. The molecule has 1 aromatic heterocycles. The second-order valence-electron chi connectivity index (χ2n) is 6.66. The molecule has 3 rings (SSSR count). The highest BCUT2D eigenvalue weighted by Gasteiger charge is 2.26. The Kier molecular flexibility index (Phi) is 6.77. The lowest BCUT2D eigenvalue weighted by atomic mass is 10.2. The van der Waals surface area contributed by atoms with Gasteiger partial charge in [-0.2, -0.15) is 4.31 Å². The van der Waals surface area contributed by atoms with Crippen molar-refractivity contribution in [3.63, 3.8) is 0 Å². The van der Waals surface area contributed by atoms with Crippen molar-refractivity contribution in [3.05, 3.63) is 30.1 Å². The predicted molar refractivity (Wildman–Crippen MR) is 96.7 cm³/mol. The van der Waals surface area contributed by atoms with E-state index < -0.39 is 10.0 Å². The Morgan fingerprint density at radius 3 is 2.48 bits per heavy atom. The van der Waals surface area contributed by atoms with E-state index in [2.05, 4.69) is 20.9 Å². The summed E-state index contributed by atoms with van der Waals surface area (Å²) in [7, 11) is -3.14. The number of nitrogens with zero attached hydrogens (tertiary/aromatic N) is 4. The van der Waals surface area contributed by atoms with E-state index >= 15 is 0 Å². The Morgan fingerprint density at radius 2 is 1.80 bits per heavy atom. The van der Waals surface area contributed by atoms with E-state index in [-0.39, 0.29) is 5.75 Å². The van der Waals surface area contributed by atoms with Crippen molar-refractivity contribution < 1.29 is 13.2 Å². The Bertz CT molecular complexity index is 612. The average Bonchev–Trinajstić information content (AvgIpc) is 2.64. The van der Waals surface area contributed by atoms with Gasteiger partial charge in [0.25, 0.3) is 0 Å². The topological polar surface area (TPSA) is 66.0 Å². The van der Waals surface area contributed by atoms with Crippen LogP contribution in [0.2, 0.25) is 0 Å². The van der Waals surface area contributed by atoms with Crippen LogP contribution >= 0.6 is 0 Å². The largest absolute Gasteiger partial charge is 0.379 e. The normalized spacial score (nSPS) is 21.4. The summed E-state index contributed by atoms with van der Waals surface area (Å²) < 4.78 is 32.1. The average molecular weight is 369 g/mol. The first-order valence-corrected chi connectivity index (χ1v) is 10.6. The molecule has 2 aliphatic heterocycles. The summed E-state index contributed by atoms with van der Waals surface area (Å²) in [6.07, 6.45) is 4.33. The van der Waals surface area contributed by atoms with Gasteiger partial charge in [0.05, 0.1) is 19.0 Å². The fourth-order valence-electron chi connectivity index (χ4n) is 3.34. The molecular formula is C17H28N4O3S. The molecule has 2 fully saturated rings. The van der Waals surface area contributed by atoms with Crippen LogP contribution in [-0.4, -0.2) is 92.3 Å². The molecule has 1 aromatic rings. The van der Waals surface area contributed by atoms with Crippen molar-refractivity contribution in [1.82, 2.24) is 19.1 Å². The minimum absolute atomic E-state index is 0.243. The number of morpholine rings is 1. The van der Waals surface area contributed by atoms with E-state index in [1.54, 1.807) is 10.5 Å². The molecule has 0 N–H and O–H groups in total. The highest BCUT2D eigenvalue weighted by Crippen LogP contribution is 2.12. The Balaban J connectivity index is 1.40. The van der Waals surface area contributed by atoms with Crippen molar-refractivity contribution in [1.29, 1.82) is 0 Å². The number of hydrogen-bond donors (Lipinski definition) is 0. The SMILES string of the molecule is O=S(=O)(CCCN1CCOCC1)N1CCN(Cc2cccnc2)CC1. The van der Waals surface area contributed by atoms with Crippen molar-refractivity contribution in [2.45, 2.75) is 13.0 Å². The number of hydrogen-bond acceptors (Lipinski definition) is 6. The Hall–Kier alpha value is -1.06. The molecule has 0 aliphatic carbocycles. The molecule has 3 heterocycles. The molecule has 2 saturated heterocycles. The summed E-state index contributed by atoms with van der Waals surface area (Å²) in [5.41, 5.74) is 1.17. The molecule has 8 heteroatoms. The molecule has 0 saturated carbocycles. The molecule has 140 valence electrons. The molecule has 0 unspecified atom stereocenters. The van der Waals surface area contributed by atoms with Gasteiger partial charge in [0, 0.05) is 58.2 Å². The lowest BCUT2D eigenvalue weighted by Crippen LogP contribution is -2.49. The van der Waals surface area contributed by atoms with Crippen molar-refractivity contribution >= 4 is 10.0 Å². The van der Waals surface area contributed by atoms with Gasteiger partial charge in [0.1, 0.15) is 0 Å². The smallest absolute Gasteiger partial charge is 0.214 e. The maximum atomic E-state index is 12.5. The van der Waals surface area contributed by atoms with Crippen LogP contribution in [0.25, 0.3) is 0 Å². The van der Waals surface area contributed by atoms with Gasteiger partial charge in [-0.15, -0.1) is 0 Å². The molecule has 0 bridgehead atoms. The van der Waals surface area contributed by atoms with Gasteiger partial charge in [0.15, 0.2) is 0 Å². The van der Waals surface area contributed by atoms with E-state index in [9.17, 15) is 8.42 Å². The summed E-state index contributed by atoms with van der Waals surface area (Å²) in [6, 6.07) is 3.99. The first kappa shape index (κ1) is 18.7. The summed E-state index contributed by atoms with van der Waals surface area (Å²) >= 11 is 0. The van der Waals surface area contributed by atoms with Crippen molar-refractivity contribution in [2.75, 3.05) is 64.8 Å². The third-order valence-corrected chi connectivity index (χ3v) is 6.79. The highest BCUT2D eigenvalue weighted by atomic mass is 32.2. The minimum atomic E-state index is -3.14. The van der Waals surface area contributed by atoms with Crippen LogP contribution < -0.4 is 0 Å². The molecule has 7 nitrogen and oxygen atoms in total. The maximum Gasteiger partial charge on any atom is 0.214 e. The van der Waals surface area contributed by atoms with Crippen LogP contribution in [0.5, 0.6) is 0 Å². The molecule has 0 atom stereocenters. The van der Waals surface area contributed by atoms with Gasteiger partial charge in [-0.3, -0.25) is 14.8 Å². The van der Waals surface area contributed by atoms with Gasteiger partial charge >= 0.3 is 0 Å². The van der Waals surface area contributed by atoms with E-state index in [1.165, 1.54) is 5.56 Å². The zero-order chi connectivity index (χ0) is 17.5. The van der Waals surface area contributed by atoms with Crippen LogP contribution in [0.15, 0.2) is 24.5 Å². The monoisotopic (exact) mass is 368 g/mol. The zero-order valence-electron chi connectivity index (χ0n) is 14.7. The van der Waals surface area contributed by atoms with Crippen LogP contribution in [0.4, 0.5) is 0 Å². The van der Waals surface area contributed by atoms with Crippen LogP contribution in [-0.2, 0) is 21.3 Å². The van der Waals surface area contributed by atoms with Crippen LogP contribution in [0.3, 0.4) is 0 Å². The van der Waals surface area contributed by atoms with E-state index in [0.29, 0.717) is 19.5 Å². The first-order valence-electron chi connectivity index (χ1n) is 9.03. The summed E-state index contributed by atoms with van der Waals surface area (Å²) in [5.74, 6) is 0.243. The second kappa shape index (κ2) is 9.05. The number of sulfonamides is 1. The number of rotatable bonds is 7. The van der Waals surface area contributed by atoms with E-state index in [0.717, 1.165) is 52.5 Å². The van der Waals surface area contributed by atoms with Gasteiger partial charge in [-0.05, 0) is 24.6 Å². The van der Waals surface area contributed by atoms with Gasteiger partial charge in [-0.1, -0.05) is 6.07 Å². The fraction of sp³-hybridized carbons (Fsp3) is 0.706. The summed E-state index contributed by atoms with van der Waals surface area (Å²) in [5, 5.41) is 0. The number of ether oxygens (including phenoxy) is 1. The van der Waals surface area contributed by atoms with Crippen molar-refractivity contribution in [2.24, 2.45) is 0 Å². The second-order valence-corrected chi connectivity index (χ2v) is 8.75. The Labute approximate surface area is 150 Å². The molecule has 25 heavy (non-hydrogen) atoms. The minimum Gasteiger partial charge on any atom is -0.379 e. The third kappa shape index (κ3) is 5.72. The van der Waals surface area contributed by atoms with Gasteiger partial charge in [0.2, 0.25) is 10.0 Å². The van der Waals surface area contributed by atoms with Crippen molar-refractivity contribution in [3.8, 4) is 0 Å². The molecule has 0 spiro atoms. The molecular weight excluding hydrogens is 340 g/mol. The Morgan fingerprint density at radius 1 is 1.04 bits per heavy atom. The first-order chi connectivity index (χ1) is 12.1. The zero-order valence-corrected chi connectivity index (χ0v) is 15.5. The van der Waals surface area contributed by atoms with Crippen LogP contribution in [0, 0.1) is 0 Å². The lowest BCUT2D eigenvalue weighted by Gasteiger charge is -2.34. The predicted octanol–water partition coefficient (Wildman–Crippen LogP) is 0.251. The maximum absolute atomic E-state index is 12.5. The van der Waals surface area contributed by atoms with E-state index in [4.69, 9.17) is 4.74 Å². The number of piperazine rings is 1. The molecule has 0 aromatic carbocycles. The lowest BCUT2D eigenvalue weighted by molar-refractivity contribution is 0.0380. The summed E-state index contributed by atoms with van der Waals surface area (Å²) in [6.45, 7) is 7.72. The van der Waals surface area contributed by atoms with Gasteiger partial charge < -0.3 is 4.74 Å². The van der Waals surface area contributed by atoms with Gasteiger partial charge in [-0.25, -0.2) is 8.42 Å². The standard InChI is InChI=1S/C17H28N4O3S/c22-25(23,14-2-5-19-10-12-24-13-11-19)21-8-6-20(7-9-21)16-17-3-1-4-18-15-17/h1,3-4,15H,2,5-14,16H2. The van der Waals surface area contributed by atoms with E-state index in [1.807, 2.05) is 12.3 Å². The molecule has 0 radical (unpaired) electrons.